The van der Waals surface area contributed by atoms with Crippen LogP contribution in [0, 0.1) is 23.7 Å². The number of rotatable bonds is 69. The number of carbonyl (C=O) groups is 4. The van der Waals surface area contributed by atoms with Crippen molar-refractivity contribution in [3.63, 3.8) is 0 Å². The first-order valence-corrected chi connectivity index (χ1v) is 40.3. The van der Waals surface area contributed by atoms with Crippen LogP contribution in [0.5, 0.6) is 0 Å². The molecule has 91 heavy (non-hydrogen) atoms. The number of phosphoric acid groups is 2. The quantitative estimate of drug-likeness (QED) is 0.0222. The smallest absolute Gasteiger partial charge is 0.462 e. The molecular formula is C72H140O17P2. The lowest BCUT2D eigenvalue weighted by atomic mass is 9.99. The van der Waals surface area contributed by atoms with Crippen LogP contribution in [0.4, 0.5) is 0 Å². The molecule has 0 aliphatic carbocycles. The zero-order valence-electron chi connectivity index (χ0n) is 59.5. The van der Waals surface area contributed by atoms with Gasteiger partial charge in [0.1, 0.15) is 19.3 Å². The minimum Gasteiger partial charge on any atom is -0.462 e. The van der Waals surface area contributed by atoms with E-state index in [1.54, 1.807) is 0 Å². The Bertz CT molecular complexity index is 1800. The molecule has 0 radical (unpaired) electrons. The number of carbonyl (C=O) groups excluding carboxylic acids is 4. The van der Waals surface area contributed by atoms with Crippen LogP contribution in [0.1, 0.15) is 357 Å². The zero-order valence-corrected chi connectivity index (χ0v) is 61.3. The molecule has 0 saturated heterocycles. The molecule has 0 aliphatic heterocycles. The molecule has 0 fully saturated rings. The van der Waals surface area contributed by atoms with Crippen LogP contribution >= 0.6 is 15.6 Å². The number of ether oxygens (including phenoxy) is 4. The van der Waals surface area contributed by atoms with Crippen LogP contribution in [0.3, 0.4) is 0 Å². The van der Waals surface area contributed by atoms with Gasteiger partial charge in [-0.3, -0.25) is 37.3 Å². The summed E-state index contributed by atoms with van der Waals surface area (Å²) in [5.41, 5.74) is 0. The topological polar surface area (TPSA) is 237 Å². The molecule has 3 N–H and O–H groups in total. The van der Waals surface area contributed by atoms with Crippen molar-refractivity contribution >= 4 is 39.5 Å². The molecule has 5 unspecified atom stereocenters. The van der Waals surface area contributed by atoms with E-state index in [1.165, 1.54) is 154 Å². The molecule has 19 heteroatoms. The third kappa shape index (κ3) is 62.6. The Morgan fingerprint density at radius 2 is 0.527 bits per heavy atom. The molecule has 0 rings (SSSR count). The minimum atomic E-state index is -4.95. The molecule has 540 valence electrons. The van der Waals surface area contributed by atoms with Gasteiger partial charge in [0.25, 0.3) is 0 Å². The molecule has 0 aromatic rings. The lowest BCUT2D eigenvalue weighted by molar-refractivity contribution is -0.161. The van der Waals surface area contributed by atoms with Gasteiger partial charge in [0.15, 0.2) is 12.2 Å². The summed E-state index contributed by atoms with van der Waals surface area (Å²) in [7, 11) is -9.90. The minimum absolute atomic E-state index is 0.103. The third-order valence-corrected chi connectivity index (χ3v) is 19.6. The van der Waals surface area contributed by atoms with Crippen molar-refractivity contribution in [1.29, 1.82) is 0 Å². The van der Waals surface area contributed by atoms with Crippen molar-refractivity contribution in [3.8, 4) is 0 Å². The van der Waals surface area contributed by atoms with E-state index in [0.29, 0.717) is 31.6 Å². The van der Waals surface area contributed by atoms with Gasteiger partial charge in [-0.2, -0.15) is 0 Å². The van der Waals surface area contributed by atoms with Crippen molar-refractivity contribution in [2.75, 3.05) is 39.6 Å². The van der Waals surface area contributed by atoms with Gasteiger partial charge in [0.2, 0.25) is 0 Å². The molecule has 0 aromatic carbocycles. The fourth-order valence-corrected chi connectivity index (χ4v) is 12.3. The Hall–Kier alpha value is -1.94. The molecule has 0 aromatic heterocycles. The monoisotopic (exact) mass is 1340 g/mol. The number of aliphatic hydroxyl groups is 1. The van der Waals surface area contributed by atoms with E-state index < -0.39 is 97.5 Å². The van der Waals surface area contributed by atoms with E-state index in [4.69, 9.17) is 37.0 Å². The van der Waals surface area contributed by atoms with Crippen molar-refractivity contribution < 1.29 is 80.2 Å². The number of phosphoric ester groups is 2. The second-order valence-corrected chi connectivity index (χ2v) is 30.1. The summed E-state index contributed by atoms with van der Waals surface area (Å²) in [4.78, 5) is 72.6. The van der Waals surface area contributed by atoms with Crippen LogP contribution in [0.2, 0.25) is 0 Å². The number of hydrogen-bond acceptors (Lipinski definition) is 15. The van der Waals surface area contributed by atoms with Crippen LogP contribution in [0.25, 0.3) is 0 Å². The second-order valence-electron chi connectivity index (χ2n) is 27.2. The SMILES string of the molecule is CCC(C)CCCCCCCCCCCCCCCCC(=O)OC[C@H](COP(=O)(O)OC[C@@H](O)COP(=O)(O)OC[C@@H](COC(=O)CCCCCCCCC(C)C)OC(=O)CCCCCCCCCCCCC(C)CC)OC(=O)CCCCCCCCC(C)CC. The van der Waals surface area contributed by atoms with Gasteiger partial charge in [0, 0.05) is 25.7 Å². The average molecular weight is 1340 g/mol. The Morgan fingerprint density at radius 1 is 0.308 bits per heavy atom. The van der Waals surface area contributed by atoms with Gasteiger partial charge in [-0.1, -0.05) is 306 Å². The van der Waals surface area contributed by atoms with Crippen molar-refractivity contribution in [2.24, 2.45) is 23.7 Å². The fraction of sp³-hybridized carbons (Fsp3) is 0.944. The number of unbranched alkanes of at least 4 members (excludes halogenated alkanes) is 32. The highest BCUT2D eigenvalue weighted by molar-refractivity contribution is 7.47. The largest absolute Gasteiger partial charge is 0.472 e. The van der Waals surface area contributed by atoms with Gasteiger partial charge in [-0.15, -0.1) is 0 Å². The van der Waals surface area contributed by atoms with E-state index in [2.05, 4.69) is 55.4 Å². The van der Waals surface area contributed by atoms with Gasteiger partial charge >= 0.3 is 39.5 Å². The summed E-state index contributed by atoms with van der Waals surface area (Å²) < 4.78 is 68.3. The molecular weight excluding hydrogens is 1200 g/mol. The van der Waals surface area contributed by atoms with E-state index in [1.807, 2.05) is 0 Å². The van der Waals surface area contributed by atoms with Crippen LogP contribution in [0.15, 0.2) is 0 Å². The number of aliphatic hydroxyl groups excluding tert-OH is 1. The van der Waals surface area contributed by atoms with Crippen molar-refractivity contribution in [1.82, 2.24) is 0 Å². The van der Waals surface area contributed by atoms with Gasteiger partial charge in [-0.05, 0) is 49.4 Å². The summed E-state index contributed by atoms with van der Waals surface area (Å²) >= 11 is 0. The summed E-state index contributed by atoms with van der Waals surface area (Å²) in [6, 6.07) is 0. The van der Waals surface area contributed by atoms with E-state index >= 15 is 0 Å². The first-order chi connectivity index (χ1) is 43.7. The lowest BCUT2D eigenvalue weighted by Gasteiger charge is -2.21. The summed E-state index contributed by atoms with van der Waals surface area (Å²) in [5, 5.41) is 10.6. The van der Waals surface area contributed by atoms with E-state index in [0.717, 1.165) is 114 Å². The highest BCUT2D eigenvalue weighted by atomic mass is 31.2. The first kappa shape index (κ1) is 89.1. The van der Waals surface area contributed by atoms with E-state index in [-0.39, 0.29) is 25.7 Å². The summed E-state index contributed by atoms with van der Waals surface area (Å²) in [6.07, 6.45) is 44.5. The number of hydrogen-bond donors (Lipinski definition) is 3. The van der Waals surface area contributed by atoms with Crippen molar-refractivity contribution in [3.05, 3.63) is 0 Å². The fourth-order valence-electron chi connectivity index (χ4n) is 10.7. The van der Waals surface area contributed by atoms with Crippen LogP contribution < -0.4 is 0 Å². The maximum atomic E-state index is 13.0. The Labute approximate surface area is 556 Å². The molecule has 0 heterocycles. The Morgan fingerprint density at radius 3 is 0.780 bits per heavy atom. The lowest BCUT2D eigenvalue weighted by Crippen LogP contribution is -2.30. The van der Waals surface area contributed by atoms with Crippen LogP contribution in [-0.4, -0.2) is 96.7 Å². The normalized spacial score (nSPS) is 15.1. The number of esters is 4. The maximum Gasteiger partial charge on any atom is 0.472 e. The predicted octanol–water partition coefficient (Wildman–Crippen LogP) is 20.5. The Balaban J connectivity index is 5.19. The highest BCUT2D eigenvalue weighted by Gasteiger charge is 2.30. The average Bonchev–Trinajstić information content (AvgIpc) is 3.73. The molecule has 17 nitrogen and oxygen atoms in total. The molecule has 0 aliphatic rings. The molecule has 0 spiro atoms. The molecule has 0 saturated carbocycles. The highest BCUT2D eigenvalue weighted by Crippen LogP contribution is 2.45. The molecule has 0 bridgehead atoms. The second kappa shape index (κ2) is 61.6. The first-order valence-electron chi connectivity index (χ1n) is 37.3. The van der Waals surface area contributed by atoms with Gasteiger partial charge < -0.3 is 33.8 Å². The zero-order chi connectivity index (χ0) is 67.5. The van der Waals surface area contributed by atoms with Crippen molar-refractivity contribution in [2.45, 2.75) is 375 Å². The summed E-state index contributed by atoms with van der Waals surface area (Å²) in [5.74, 6) is 0.921. The van der Waals surface area contributed by atoms with E-state index in [9.17, 15) is 43.2 Å². The third-order valence-electron chi connectivity index (χ3n) is 17.7. The Kier molecular flexibility index (Phi) is 60.3. The molecule has 0 amide bonds. The molecule has 8 atom stereocenters. The van der Waals surface area contributed by atoms with Gasteiger partial charge in [-0.25, -0.2) is 9.13 Å². The summed E-state index contributed by atoms with van der Waals surface area (Å²) in [6.45, 7) is 14.1. The maximum absolute atomic E-state index is 13.0. The van der Waals surface area contributed by atoms with Gasteiger partial charge in [0.05, 0.1) is 26.4 Å². The predicted molar refractivity (Wildman–Crippen MR) is 367 cm³/mol. The van der Waals surface area contributed by atoms with Crippen LogP contribution in [-0.2, 0) is 65.4 Å². The standard InChI is InChI=1S/C72H140O17P2/c1-9-63(6)49-41-33-24-20-16-14-12-13-15-17-22-26-36-44-52-69(74)82-58-68(89-72(77)55-47-39-31-29-35-43-51-65(8)11-3)61-87-91(80,81)85-57-66(73)56-84-90(78,79)86-60-67(59-83-70(75)53-45-37-30-28-32-40-48-62(4)5)88-71(76)54-46-38-27-23-19-18-21-25-34-42-50-64(7)10-2/h62-68,73H,9-61H2,1-8H3,(H,78,79)(H,80,81)/t63?,64?,65?,66-,67+,68+/m0/s1.